The maximum Gasteiger partial charge on any atom is 0.323 e. The molecule has 1 unspecified atom stereocenters. The number of aromatic nitrogens is 3. The normalized spacial score (nSPS) is 14.3. The fraction of sp³-hybridized carbons (Fsp3) is 0.214. The molecule has 114 valence electrons. The van der Waals surface area contributed by atoms with E-state index in [1.807, 2.05) is 22.6 Å². The van der Waals surface area contributed by atoms with Gasteiger partial charge in [0.1, 0.15) is 27.9 Å². The fourth-order valence-corrected chi connectivity index (χ4v) is 2.85. The summed E-state index contributed by atoms with van der Waals surface area (Å²) in [7, 11) is 0. The molecule has 7 nitrogen and oxygen atoms in total. The number of benzene rings is 1. The van der Waals surface area contributed by atoms with Crippen LogP contribution in [0.3, 0.4) is 0 Å². The van der Waals surface area contributed by atoms with E-state index in [9.17, 15) is 9.90 Å². The van der Waals surface area contributed by atoms with E-state index in [2.05, 4.69) is 9.97 Å². The first-order valence-electron chi connectivity index (χ1n) is 6.45. The van der Waals surface area contributed by atoms with E-state index < -0.39 is 9.58 Å². The molecule has 1 atom stereocenters. The third kappa shape index (κ3) is 2.37. The number of nitrogen functional groups attached to an aromatic ring is 1. The van der Waals surface area contributed by atoms with Crippen molar-refractivity contribution in [3.05, 3.63) is 30.1 Å². The molecule has 0 radical (unpaired) electrons. The van der Waals surface area contributed by atoms with Gasteiger partial charge in [0.25, 0.3) is 0 Å². The lowest BCUT2D eigenvalue weighted by molar-refractivity contribution is -0.137. The van der Waals surface area contributed by atoms with Crippen molar-refractivity contribution in [2.45, 2.75) is 17.1 Å². The van der Waals surface area contributed by atoms with Crippen molar-refractivity contribution in [3.63, 3.8) is 0 Å². The van der Waals surface area contributed by atoms with Gasteiger partial charge in [0.05, 0.1) is 10.9 Å². The van der Waals surface area contributed by atoms with Crippen LogP contribution in [0, 0.1) is 0 Å². The average Bonchev–Trinajstić information content (AvgIpc) is 2.72. The minimum atomic E-state index is -1.04. The fourth-order valence-electron chi connectivity index (χ4n) is 2.52. The Morgan fingerprint density at radius 3 is 2.82 bits per heavy atom. The van der Waals surface area contributed by atoms with E-state index in [1.54, 1.807) is 29.7 Å². The van der Waals surface area contributed by atoms with Gasteiger partial charge < -0.3 is 20.5 Å². The van der Waals surface area contributed by atoms with E-state index in [4.69, 9.17) is 10.8 Å². The number of hydrogen-bond donors (Lipinski definition) is 3. The van der Waals surface area contributed by atoms with Crippen molar-refractivity contribution in [3.8, 4) is 0 Å². The summed E-state index contributed by atoms with van der Waals surface area (Å²) in [6.07, 6.45) is 1.31. The predicted molar refractivity (Wildman–Crippen MR) is 90.7 cm³/mol. The summed E-state index contributed by atoms with van der Waals surface area (Å²) in [5.74, 6) is -0.690. The quantitative estimate of drug-likeness (QED) is 0.447. The molecular formula is C14H13IN4O3. The number of nitrogens with two attached hydrogens (primary N) is 1. The summed E-state index contributed by atoms with van der Waals surface area (Å²) in [6, 6.07) is 5.32. The number of alkyl halides is 1. The lowest BCUT2D eigenvalue weighted by Crippen LogP contribution is -2.11. The zero-order valence-electron chi connectivity index (χ0n) is 11.6. The van der Waals surface area contributed by atoms with Crippen molar-refractivity contribution in [2.24, 2.45) is 0 Å². The highest BCUT2D eigenvalue weighted by molar-refractivity contribution is 14.1. The highest BCUT2D eigenvalue weighted by atomic mass is 127. The molecule has 2 aromatic heterocycles. The molecule has 22 heavy (non-hydrogen) atoms. The summed E-state index contributed by atoms with van der Waals surface area (Å²) in [6.45, 7) is 1.45. The second kappa shape index (κ2) is 5.06. The Morgan fingerprint density at radius 2 is 2.18 bits per heavy atom. The van der Waals surface area contributed by atoms with Gasteiger partial charge in [0, 0.05) is 5.39 Å². The van der Waals surface area contributed by atoms with Crippen LogP contribution in [-0.4, -0.2) is 30.7 Å². The number of fused-ring (bicyclic) bond motifs is 3. The van der Waals surface area contributed by atoms with Gasteiger partial charge in [0.2, 0.25) is 0 Å². The molecule has 0 aliphatic heterocycles. The number of aliphatic hydroxyl groups is 1. The van der Waals surface area contributed by atoms with Crippen LogP contribution in [0.5, 0.6) is 0 Å². The minimum Gasteiger partial charge on any atom is -0.480 e. The Balaban J connectivity index is 2.43. The third-order valence-corrected chi connectivity index (χ3v) is 4.11. The summed E-state index contributed by atoms with van der Waals surface area (Å²) >= 11 is 1.93. The smallest absolute Gasteiger partial charge is 0.323 e. The van der Waals surface area contributed by atoms with Gasteiger partial charge in [0.15, 0.2) is 0 Å². The molecule has 0 saturated carbocycles. The van der Waals surface area contributed by atoms with Crippen LogP contribution in [0.25, 0.3) is 21.9 Å². The van der Waals surface area contributed by atoms with E-state index >= 15 is 0 Å². The molecule has 0 aliphatic carbocycles. The van der Waals surface area contributed by atoms with Crippen molar-refractivity contribution in [1.82, 2.24) is 14.5 Å². The van der Waals surface area contributed by atoms with Crippen molar-refractivity contribution >= 4 is 56.3 Å². The summed E-state index contributed by atoms with van der Waals surface area (Å²) in [4.78, 5) is 19.3. The molecule has 0 aliphatic rings. The minimum absolute atomic E-state index is 0.226. The lowest BCUT2D eigenvalue weighted by Gasteiger charge is -2.15. The number of carboxylic acids is 1. The van der Waals surface area contributed by atoms with Crippen molar-refractivity contribution < 1.29 is 15.0 Å². The predicted octanol–water partition coefficient (Wildman–Crippen LogP) is 1.85. The maximum atomic E-state index is 11.1. The SMILES string of the molecule is CC(O)(I)c1ccc2c(c1)c1c(N)ncnc1n2CC(=O)O. The number of halogens is 1. The van der Waals surface area contributed by atoms with Gasteiger partial charge in [-0.2, -0.15) is 0 Å². The zero-order chi connectivity index (χ0) is 16.1. The van der Waals surface area contributed by atoms with Crippen LogP contribution in [0.1, 0.15) is 12.5 Å². The highest BCUT2D eigenvalue weighted by Gasteiger charge is 2.22. The van der Waals surface area contributed by atoms with E-state index in [-0.39, 0.29) is 12.4 Å². The molecule has 0 fully saturated rings. The molecule has 3 aromatic rings. The largest absolute Gasteiger partial charge is 0.480 e. The number of rotatable bonds is 3. The molecule has 2 heterocycles. The molecule has 4 N–H and O–H groups in total. The number of hydrogen-bond acceptors (Lipinski definition) is 5. The molecule has 0 bridgehead atoms. The first-order valence-corrected chi connectivity index (χ1v) is 7.53. The summed E-state index contributed by atoms with van der Waals surface area (Å²) in [5, 5.41) is 20.6. The molecule has 0 spiro atoms. The molecule has 0 amide bonds. The first-order chi connectivity index (χ1) is 10.3. The number of anilines is 1. The number of carboxylic acid groups (broad SMARTS) is 1. The van der Waals surface area contributed by atoms with E-state index in [1.165, 1.54) is 6.33 Å². The monoisotopic (exact) mass is 412 g/mol. The summed E-state index contributed by atoms with van der Waals surface area (Å²) < 4.78 is 0.536. The van der Waals surface area contributed by atoms with Crippen LogP contribution < -0.4 is 5.73 Å². The molecule has 0 saturated heterocycles. The van der Waals surface area contributed by atoms with Gasteiger partial charge in [-0.05, 0) is 47.2 Å². The maximum absolute atomic E-state index is 11.1. The molecular weight excluding hydrogens is 399 g/mol. The third-order valence-electron chi connectivity index (χ3n) is 3.49. The topological polar surface area (TPSA) is 114 Å². The van der Waals surface area contributed by atoms with E-state index in [0.717, 1.165) is 5.39 Å². The number of carbonyl (C=O) groups is 1. The number of nitrogens with zero attached hydrogens (tertiary/aromatic N) is 3. The molecule has 8 heteroatoms. The molecule has 3 rings (SSSR count). The molecule has 1 aromatic carbocycles. The Kier molecular flexibility index (Phi) is 3.44. The van der Waals surface area contributed by atoms with Crippen LogP contribution in [0.4, 0.5) is 5.82 Å². The van der Waals surface area contributed by atoms with Gasteiger partial charge >= 0.3 is 5.97 Å². The lowest BCUT2D eigenvalue weighted by atomic mass is 10.1. The first kappa shape index (κ1) is 15.0. The summed E-state index contributed by atoms with van der Waals surface area (Å²) in [5.41, 5.74) is 7.80. The van der Waals surface area contributed by atoms with Crippen molar-refractivity contribution in [2.75, 3.05) is 5.73 Å². The van der Waals surface area contributed by atoms with Crippen LogP contribution in [-0.2, 0) is 14.9 Å². The highest BCUT2D eigenvalue weighted by Crippen LogP contribution is 2.35. The Labute approximate surface area is 138 Å². The second-order valence-corrected chi connectivity index (χ2v) is 7.22. The van der Waals surface area contributed by atoms with Gasteiger partial charge in [-0.15, -0.1) is 0 Å². The van der Waals surface area contributed by atoms with Crippen molar-refractivity contribution in [1.29, 1.82) is 0 Å². The van der Waals surface area contributed by atoms with Crippen LogP contribution in [0.2, 0.25) is 0 Å². The second-order valence-electron chi connectivity index (χ2n) is 5.12. The van der Waals surface area contributed by atoms with E-state index in [0.29, 0.717) is 22.1 Å². The number of aliphatic carboxylic acids is 1. The standard InChI is InChI=1S/C14H13IN4O3/c1-14(15,22)7-2-3-9-8(4-7)11-12(16)17-6-18-13(11)19(9)5-10(20)21/h2-4,6,22H,5H2,1H3,(H,20,21)(H2,16,17,18). The van der Waals surface area contributed by atoms with Gasteiger partial charge in [-0.25, -0.2) is 9.97 Å². The Bertz CT molecular complexity index is 898. The zero-order valence-corrected chi connectivity index (χ0v) is 13.8. The Morgan fingerprint density at radius 1 is 1.45 bits per heavy atom. The van der Waals surface area contributed by atoms with Gasteiger partial charge in [-0.1, -0.05) is 6.07 Å². The van der Waals surface area contributed by atoms with Crippen LogP contribution >= 0.6 is 22.6 Å². The Hall–Kier alpha value is -1.94. The van der Waals surface area contributed by atoms with Crippen LogP contribution in [0.15, 0.2) is 24.5 Å². The average molecular weight is 412 g/mol. The van der Waals surface area contributed by atoms with Gasteiger partial charge in [-0.3, -0.25) is 4.79 Å².